The van der Waals surface area contributed by atoms with Gasteiger partial charge in [-0.3, -0.25) is 0 Å². The molecule has 1 N–H and O–H groups in total. The van der Waals surface area contributed by atoms with E-state index in [9.17, 15) is 0 Å². The highest BCUT2D eigenvalue weighted by Gasteiger charge is 2.06. The number of ether oxygens (including phenoxy) is 1. The number of fused-ring (bicyclic) bond motifs is 1. The van der Waals surface area contributed by atoms with Crippen molar-refractivity contribution in [3.63, 3.8) is 0 Å². The van der Waals surface area contributed by atoms with Crippen molar-refractivity contribution >= 4 is 38.3 Å². The molecule has 2 rings (SSSR count). The molecule has 1 unspecified atom stereocenters. The van der Waals surface area contributed by atoms with E-state index in [1.807, 2.05) is 32.0 Å². The van der Waals surface area contributed by atoms with Crippen molar-refractivity contribution in [1.29, 1.82) is 0 Å². The van der Waals surface area contributed by atoms with Gasteiger partial charge in [0.25, 0.3) is 0 Å². The molecule has 17 heavy (non-hydrogen) atoms. The van der Waals surface area contributed by atoms with Crippen LogP contribution < -0.4 is 5.32 Å². The summed E-state index contributed by atoms with van der Waals surface area (Å²) >= 11 is 7.55. The van der Waals surface area contributed by atoms with Gasteiger partial charge in [0.1, 0.15) is 0 Å². The van der Waals surface area contributed by atoms with Crippen molar-refractivity contribution in [2.75, 3.05) is 18.5 Å². The summed E-state index contributed by atoms with van der Waals surface area (Å²) < 4.78 is 6.59. The first-order valence-corrected chi connectivity index (χ1v) is 6.80. The minimum Gasteiger partial charge on any atom is -0.377 e. The van der Waals surface area contributed by atoms with Crippen LogP contribution in [0.2, 0.25) is 5.02 Å². The number of benzene rings is 1. The Kier molecular flexibility index (Phi) is 4.20. The molecule has 0 aliphatic carbocycles. The van der Waals surface area contributed by atoms with Crippen molar-refractivity contribution in [1.82, 2.24) is 4.98 Å². The molecule has 0 spiro atoms. The van der Waals surface area contributed by atoms with Gasteiger partial charge >= 0.3 is 0 Å². The van der Waals surface area contributed by atoms with E-state index < -0.39 is 0 Å². The minimum absolute atomic E-state index is 0.190. The molecule has 3 nitrogen and oxygen atoms in total. The molecule has 0 saturated carbocycles. The third kappa shape index (κ3) is 3.31. The molecule has 5 heteroatoms. The fourth-order valence-electron chi connectivity index (χ4n) is 1.55. The largest absolute Gasteiger partial charge is 0.377 e. The molecule has 0 aliphatic heterocycles. The number of nitrogens with zero attached hydrogens (tertiary/aromatic N) is 1. The van der Waals surface area contributed by atoms with E-state index in [0.29, 0.717) is 0 Å². The summed E-state index contributed by atoms with van der Waals surface area (Å²) in [6.07, 6.45) is 0.190. The molecule has 1 heterocycles. The van der Waals surface area contributed by atoms with Gasteiger partial charge in [-0.15, -0.1) is 0 Å². The second kappa shape index (κ2) is 5.67. The Morgan fingerprint density at radius 3 is 3.12 bits per heavy atom. The standard InChI is InChI=1S/C12H15ClN2OS/c1-3-16-8(2)7-14-12-15-10-6-9(13)4-5-11(10)17-12/h4-6,8H,3,7H2,1-2H3,(H,14,15). The van der Waals surface area contributed by atoms with Crippen LogP contribution in [0.3, 0.4) is 0 Å². The fraction of sp³-hybridized carbons (Fsp3) is 0.417. The topological polar surface area (TPSA) is 34.1 Å². The van der Waals surface area contributed by atoms with Gasteiger partial charge in [0, 0.05) is 18.2 Å². The van der Waals surface area contributed by atoms with Gasteiger partial charge in [-0.1, -0.05) is 22.9 Å². The van der Waals surface area contributed by atoms with Gasteiger partial charge in [-0.05, 0) is 32.0 Å². The zero-order chi connectivity index (χ0) is 12.3. The molecule has 1 aromatic carbocycles. The van der Waals surface area contributed by atoms with Gasteiger partial charge in [0.05, 0.1) is 16.3 Å². The Labute approximate surface area is 110 Å². The van der Waals surface area contributed by atoms with Gasteiger partial charge in [0.15, 0.2) is 5.13 Å². The maximum atomic E-state index is 5.92. The van der Waals surface area contributed by atoms with E-state index >= 15 is 0 Å². The molecule has 0 amide bonds. The van der Waals surface area contributed by atoms with Crippen LogP contribution >= 0.6 is 22.9 Å². The van der Waals surface area contributed by atoms with Crippen LogP contribution in [0.5, 0.6) is 0 Å². The Morgan fingerprint density at radius 1 is 1.53 bits per heavy atom. The van der Waals surface area contributed by atoms with Crippen molar-refractivity contribution in [3.8, 4) is 0 Å². The number of rotatable bonds is 5. The Morgan fingerprint density at radius 2 is 2.35 bits per heavy atom. The first kappa shape index (κ1) is 12.6. The lowest BCUT2D eigenvalue weighted by atomic mass is 10.3. The van der Waals surface area contributed by atoms with Crippen molar-refractivity contribution in [3.05, 3.63) is 23.2 Å². The number of hydrogen-bond donors (Lipinski definition) is 1. The average molecular weight is 271 g/mol. The number of aromatic nitrogens is 1. The molecule has 1 aromatic heterocycles. The molecule has 2 aromatic rings. The van der Waals surface area contributed by atoms with Crippen LogP contribution in [0.15, 0.2) is 18.2 Å². The monoisotopic (exact) mass is 270 g/mol. The Bertz CT molecular complexity index is 500. The van der Waals surface area contributed by atoms with E-state index in [-0.39, 0.29) is 6.10 Å². The molecular weight excluding hydrogens is 256 g/mol. The summed E-state index contributed by atoms with van der Waals surface area (Å²) in [6, 6.07) is 5.76. The van der Waals surface area contributed by atoms with E-state index in [1.54, 1.807) is 11.3 Å². The molecule has 0 radical (unpaired) electrons. The zero-order valence-corrected chi connectivity index (χ0v) is 11.4. The van der Waals surface area contributed by atoms with Gasteiger partial charge in [0.2, 0.25) is 0 Å². The van der Waals surface area contributed by atoms with Crippen LogP contribution in [-0.4, -0.2) is 24.2 Å². The predicted molar refractivity (Wildman–Crippen MR) is 74.2 cm³/mol. The van der Waals surface area contributed by atoms with Crippen LogP contribution in [0, 0.1) is 0 Å². The predicted octanol–water partition coefficient (Wildman–Crippen LogP) is 3.79. The molecular formula is C12H15ClN2OS. The van der Waals surface area contributed by atoms with E-state index in [4.69, 9.17) is 16.3 Å². The van der Waals surface area contributed by atoms with E-state index in [1.165, 1.54) is 0 Å². The summed E-state index contributed by atoms with van der Waals surface area (Å²) in [5.41, 5.74) is 0.939. The number of thiazole rings is 1. The zero-order valence-electron chi connectivity index (χ0n) is 9.87. The highest BCUT2D eigenvalue weighted by atomic mass is 35.5. The molecule has 1 atom stereocenters. The Balaban J connectivity index is 2.04. The first-order chi connectivity index (χ1) is 8.19. The van der Waals surface area contributed by atoms with Crippen molar-refractivity contribution in [2.24, 2.45) is 0 Å². The second-order valence-electron chi connectivity index (χ2n) is 3.78. The van der Waals surface area contributed by atoms with Crippen LogP contribution in [0.1, 0.15) is 13.8 Å². The third-order valence-corrected chi connectivity index (χ3v) is 3.57. The fourth-order valence-corrected chi connectivity index (χ4v) is 2.57. The molecule has 0 saturated heterocycles. The molecule has 0 bridgehead atoms. The summed E-state index contributed by atoms with van der Waals surface area (Å²) in [6.45, 7) is 5.54. The highest BCUT2D eigenvalue weighted by molar-refractivity contribution is 7.22. The quantitative estimate of drug-likeness (QED) is 0.898. The van der Waals surface area contributed by atoms with E-state index in [2.05, 4.69) is 10.3 Å². The number of nitrogens with one attached hydrogen (secondary N) is 1. The van der Waals surface area contributed by atoms with E-state index in [0.717, 1.165) is 33.5 Å². The highest BCUT2D eigenvalue weighted by Crippen LogP contribution is 2.27. The smallest absolute Gasteiger partial charge is 0.183 e. The molecule has 92 valence electrons. The maximum absolute atomic E-state index is 5.92. The van der Waals surface area contributed by atoms with Gasteiger partial charge in [-0.25, -0.2) is 4.98 Å². The number of anilines is 1. The summed E-state index contributed by atoms with van der Waals surface area (Å²) in [5.74, 6) is 0. The maximum Gasteiger partial charge on any atom is 0.183 e. The molecule has 0 aliphatic rings. The van der Waals surface area contributed by atoms with Gasteiger partial charge < -0.3 is 10.1 Å². The lowest BCUT2D eigenvalue weighted by molar-refractivity contribution is 0.0855. The van der Waals surface area contributed by atoms with Crippen molar-refractivity contribution in [2.45, 2.75) is 20.0 Å². The van der Waals surface area contributed by atoms with Gasteiger partial charge in [-0.2, -0.15) is 0 Å². The first-order valence-electron chi connectivity index (χ1n) is 5.60. The van der Waals surface area contributed by atoms with Crippen LogP contribution in [0.4, 0.5) is 5.13 Å². The van der Waals surface area contributed by atoms with Crippen molar-refractivity contribution < 1.29 is 4.74 Å². The summed E-state index contributed by atoms with van der Waals surface area (Å²) in [7, 11) is 0. The molecule has 0 fully saturated rings. The summed E-state index contributed by atoms with van der Waals surface area (Å²) in [4.78, 5) is 4.47. The third-order valence-electron chi connectivity index (χ3n) is 2.34. The normalized spacial score (nSPS) is 12.9. The number of halogens is 1. The lowest BCUT2D eigenvalue weighted by Gasteiger charge is -2.11. The average Bonchev–Trinajstić information content (AvgIpc) is 2.68. The van der Waals surface area contributed by atoms with Crippen LogP contribution in [0.25, 0.3) is 10.2 Å². The Hall–Kier alpha value is -0.840. The summed E-state index contributed by atoms with van der Waals surface area (Å²) in [5, 5.41) is 4.91. The number of hydrogen-bond acceptors (Lipinski definition) is 4. The minimum atomic E-state index is 0.190. The SMILES string of the molecule is CCOC(C)CNc1nc2cc(Cl)ccc2s1. The van der Waals surface area contributed by atoms with Crippen LogP contribution in [-0.2, 0) is 4.74 Å². The second-order valence-corrected chi connectivity index (χ2v) is 5.25. The lowest BCUT2D eigenvalue weighted by Crippen LogP contribution is -2.19.